The first-order valence-electron chi connectivity index (χ1n) is 7.11. The Hall–Kier alpha value is -2.63. The van der Waals surface area contributed by atoms with Gasteiger partial charge in [0.25, 0.3) is 0 Å². The Kier molecular flexibility index (Phi) is 7.39. The predicted octanol–water partition coefficient (Wildman–Crippen LogP) is 0.457. The Morgan fingerprint density at radius 2 is 1.82 bits per heavy atom. The van der Waals surface area contributed by atoms with Gasteiger partial charge in [-0.25, -0.2) is 0 Å². The summed E-state index contributed by atoms with van der Waals surface area (Å²) < 4.78 is 0. The lowest BCUT2D eigenvalue weighted by atomic mass is 10.2. The molecule has 6 nitrogen and oxygen atoms in total. The molecule has 0 fully saturated rings. The van der Waals surface area contributed by atoms with E-state index in [0.29, 0.717) is 6.54 Å². The first-order valence-corrected chi connectivity index (χ1v) is 7.11. The molecular weight excluding hydrogens is 282 g/mol. The fraction of sp³-hybridized carbons (Fsp3) is 0.312. The molecule has 0 bridgehead atoms. The van der Waals surface area contributed by atoms with Gasteiger partial charge < -0.3 is 16.0 Å². The molecule has 22 heavy (non-hydrogen) atoms. The summed E-state index contributed by atoms with van der Waals surface area (Å²) in [5, 5.41) is 7.57. The second-order valence-corrected chi connectivity index (χ2v) is 4.65. The van der Waals surface area contributed by atoms with E-state index in [1.165, 1.54) is 6.08 Å². The molecular formula is C16H21N3O3. The maximum absolute atomic E-state index is 11.6. The van der Waals surface area contributed by atoms with Gasteiger partial charge in [-0.15, -0.1) is 0 Å². The van der Waals surface area contributed by atoms with Crippen molar-refractivity contribution in [2.45, 2.75) is 19.9 Å². The number of hydrogen-bond donors (Lipinski definition) is 3. The Balaban J connectivity index is 2.33. The molecule has 1 aromatic carbocycles. The van der Waals surface area contributed by atoms with E-state index in [4.69, 9.17) is 0 Å². The largest absolute Gasteiger partial charge is 0.355 e. The van der Waals surface area contributed by atoms with Gasteiger partial charge in [-0.05, 0) is 25.5 Å². The standard InChI is InChI=1S/C16H21N3O3/c1-3-17-16(22)12(2)19-15(21)11-18-14(20)10-9-13-7-5-4-6-8-13/h4-10,12H,3,11H2,1-2H3,(H,17,22)(H,18,20)(H,19,21)/b10-9+/t12-/m0/s1. The van der Waals surface area contributed by atoms with Crippen LogP contribution in [0.2, 0.25) is 0 Å². The average molecular weight is 303 g/mol. The van der Waals surface area contributed by atoms with Crippen LogP contribution in [-0.2, 0) is 14.4 Å². The van der Waals surface area contributed by atoms with Gasteiger partial charge in [0.05, 0.1) is 6.54 Å². The summed E-state index contributed by atoms with van der Waals surface area (Å²) in [6.45, 7) is 3.70. The van der Waals surface area contributed by atoms with Crippen LogP contribution >= 0.6 is 0 Å². The summed E-state index contributed by atoms with van der Waals surface area (Å²) in [7, 11) is 0. The molecule has 1 rings (SSSR count). The lowest BCUT2D eigenvalue weighted by Crippen LogP contribution is -2.47. The number of benzene rings is 1. The highest BCUT2D eigenvalue weighted by Crippen LogP contribution is 2.00. The van der Waals surface area contributed by atoms with Crippen molar-refractivity contribution in [2.24, 2.45) is 0 Å². The highest BCUT2D eigenvalue weighted by molar-refractivity contribution is 5.95. The van der Waals surface area contributed by atoms with Crippen LogP contribution in [0.25, 0.3) is 6.08 Å². The van der Waals surface area contributed by atoms with Gasteiger partial charge >= 0.3 is 0 Å². The number of rotatable bonds is 7. The van der Waals surface area contributed by atoms with Gasteiger partial charge in [0, 0.05) is 12.6 Å². The third-order valence-corrected chi connectivity index (χ3v) is 2.77. The third-order valence-electron chi connectivity index (χ3n) is 2.77. The molecule has 0 aliphatic heterocycles. The SMILES string of the molecule is CCNC(=O)[C@H](C)NC(=O)CNC(=O)/C=C/c1ccccc1. The molecule has 1 aromatic rings. The highest BCUT2D eigenvalue weighted by atomic mass is 16.2. The summed E-state index contributed by atoms with van der Waals surface area (Å²) in [6.07, 6.45) is 3.01. The molecule has 6 heteroatoms. The first-order chi connectivity index (χ1) is 10.5. The quantitative estimate of drug-likeness (QED) is 0.639. The molecule has 1 atom stereocenters. The smallest absolute Gasteiger partial charge is 0.244 e. The van der Waals surface area contributed by atoms with E-state index in [2.05, 4.69) is 16.0 Å². The zero-order valence-corrected chi connectivity index (χ0v) is 12.8. The maximum Gasteiger partial charge on any atom is 0.244 e. The van der Waals surface area contributed by atoms with Crippen molar-refractivity contribution >= 4 is 23.8 Å². The summed E-state index contributed by atoms with van der Waals surface area (Å²) in [6, 6.07) is 8.72. The normalized spacial score (nSPS) is 11.7. The van der Waals surface area contributed by atoms with E-state index >= 15 is 0 Å². The number of likely N-dealkylation sites (N-methyl/N-ethyl adjacent to an activating group) is 1. The maximum atomic E-state index is 11.6. The summed E-state index contributed by atoms with van der Waals surface area (Å²) in [5.41, 5.74) is 0.895. The topological polar surface area (TPSA) is 87.3 Å². The number of carbonyl (C=O) groups is 3. The van der Waals surface area contributed by atoms with Crippen molar-refractivity contribution in [1.82, 2.24) is 16.0 Å². The van der Waals surface area contributed by atoms with Gasteiger partial charge in [-0.3, -0.25) is 14.4 Å². The van der Waals surface area contributed by atoms with Crippen molar-refractivity contribution in [3.8, 4) is 0 Å². The van der Waals surface area contributed by atoms with Gasteiger partial charge in [0.1, 0.15) is 6.04 Å². The molecule has 0 radical (unpaired) electrons. The van der Waals surface area contributed by atoms with Crippen molar-refractivity contribution in [2.75, 3.05) is 13.1 Å². The van der Waals surface area contributed by atoms with Crippen LogP contribution in [-0.4, -0.2) is 36.9 Å². The molecule has 0 unspecified atom stereocenters. The number of amides is 3. The molecule has 0 aromatic heterocycles. The van der Waals surface area contributed by atoms with E-state index < -0.39 is 11.9 Å². The molecule has 118 valence electrons. The first kappa shape index (κ1) is 17.4. The van der Waals surface area contributed by atoms with E-state index in [0.717, 1.165) is 5.56 Å². The minimum Gasteiger partial charge on any atom is -0.355 e. The van der Waals surface area contributed by atoms with Crippen LogP contribution in [0.5, 0.6) is 0 Å². The second-order valence-electron chi connectivity index (χ2n) is 4.65. The third kappa shape index (κ3) is 6.69. The van der Waals surface area contributed by atoms with E-state index in [9.17, 15) is 14.4 Å². The van der Waals surface area contributed by atoms with Crippen LogP contribution in [0.3, 0.4) is 0 Å². The summed E-state index contributed by atoms with van der Waals surface area (Å²) in [5.74, 6) is -1.05. The zero-order chi connectivity index (χ0) is 16.4. The molecule has 0 saturated heterocycles. The molecule has 0 aliphatic rings. The monoisotopic (exact) mass is 303 g/mol. The molecule has 0 aliphatic carbocycles. The van der Waals surface area contributed by atoms with E-state index in [1.807, 2.05) is 30.3 Å². The highest BCUT2D eigenvalue weighted by Gasteiger charge is 2.14. The van der Waals surface area contributed by atoms with E-state index in [-0.39, 0.29) is 18.4 Å². The van der Waals surface area contributed by atoms with Crippen LogP contribution in [0.1, 0.15) is 19.4 Å². The van der Waals surface area contributed by atoms with Crippen molar-refractivity contribution in [3.05, 3.63) is 42.0 Å². The number of hydrogen-bond acceptors (Lipinski definition) is 3. The van der Waals surface area contributed by atoms with Crippen LogP contribution in [0.15, 0.2) is 36.4 Å². The Morgan fingerprint density at radius 3 is 2.45 bits per heavy atom. The molecule has 0 heterocycles. The molecule has 3 amide bonds. The fourth-order valence-electron chi connectivity index (χ4n) is 1.65. The zero-order valence-electron chi connectivity index (χ0n) is 12.8. The number of carbonyl (C=O) groups excluding carboxylic acids is 3. The lowest BCUT2D eigenvalue weighted by molar-refractivity contribution is -0.128. The molecule has 0 spiro atoms. The summed E-state index contributed by atoms with van der Waals surface area (Å²) in [4.78, 5) is 34.6. The van der Waals surface area contributed by atoms with Crippen LogP contribution in [0, 0.1) is 0 Å². The second kappa shape index (κ2) is 9.33. The predicted molar refractivity (Wildman–Crippen MR) is 84.8 cm³/mol. The minimum atomic E-state index is -0.635. The van der Waals surface area contributed by atoms with Crippen LogP contribution < -0.4 is 16.0 Å². The minimum absolute atomic E-state index is 0.179. The Bertz CT molecular complexity index is 541. The Labute approximate surface area is 130 Å². The van der Waals surface area contributed by atoms with E-state index in [1.54, 1.807) is 19.9 Å². The van der Waals surface area contributed by atoms with Crippen molar-refractivity contribution < 1.29 is 14.4 Å². The average Bonchev–Trinajstić information content (AvgIpc) is 2.52. The summed E-state index contributed by atoms with van der Waals surface area (Å²) >= 11 is 0. The Morgan fingerprint density at radius 1 is 1.14 bits per heavy atom. The lowest BCUT2D eigenvalue weighted by Gasteiger charge is -2.13. The van der Waals surface area contributed by atoms with Gasteiger partial charge in [0.15, 0.2) is 0 Å². The van der Waals surface area contributed by atoms with Gasteiger partial charge in [-0.1, -0.05) is 30.3 Å². The van der Waals surface area contributed by atoms with Crippen molar-refractivity contribution in [3.63, 3.8) is 0 Å². The molecule has 0 saturated carbocycles. The van der Waals surface area contributed by atoms with Crippen LogP contribution in [0.4, 0.5) is 0 Å². The van der Waals surface area contributed by atoms with Gasteiger partial charge in [-0.2, -0.15) is 0 Å². The fourth-order valence-corrected chi connectivity index (χ4v) is 1.65. The van der Waals surface area contributed by atoms with Gasteiger partial charge in [0.2, 0.25) is 17.7 Å². The molecule has 3 N–H and O–H groups in total. The number of nitrogens with one attached hydrogen (secondary N) is 3. The van der Waals surface area contributed by atoms with Crippen molar-refractivity contribution in [1.29, 1.82) is 0 Å².